The van der Waals surface area contributed by atoms with Crippen molar-refractivity contribution in [3.63, 3.8) is 0 Å². The van der Waals surface area contributed by atoms with Gasteiger partial charge < -0.3 is 15.7 Å². The van der Waals surface area contributed by atoms with Crippen molar-refractivity contribution in [3.8, 4) is 0 Å². The van der Waals surface area contributed by atoms with Crippen molar-refractivity contribution >= 4 is 6.03 Å². The van der Waals surface area contributed by atoms with Crippen molar-refractivity contribution in [2.45, 2.75) is 46.0 Å². The van der Waals surface area contributed by atoms with Gasteiger partial charge in [-0.2, -0.15) is 0 Å². The second-order valence-corrected chi connectivity index (χ2v) is 4.16. The first kappa shape index (κ1) is 15.2. The third kappa shape index (κ3) is 8.53. The van der Waals surface area contributed by atoms with Gasteiger partial charge in [-0.1, -0.05) is 26.7 Å². The van der Waals surface area contributed by atoms with E-state index in [1.54, 1.807) is 0 Å². The summed E-state index contributed by atoms with van der Waals surface area (Å²) in [5.74, 6) is 0.395. The third-order valence-electron chi connectivity index (χ3n) is 2.60. The van der Waals surface area contributed by atoms with Gasteiger partial charge in [-0.05, 0) is 25.2 Å². The van der Waals surface area contributed by atoms with Crippen molar-refractivity contribution in [1.29, 1.82) is 0 Å². The summed E-state index contributed by atoms with van der Waals surface area (Å²) >= 11 is 0. The van der Waals surface area contributed by atoms with Crippen LogP contribution < -0.4 is 10.6 Å². The molecule has 0 rings (SSSR count). The largest absolute Gasteiger partial charge is 0.396 e. The molecule has 0 aromatic rings. The predicted molar refractivity (Wildman–Crippen MR) is 66.4 cm³/mol. The van der Waals surface area contributed by atoms with E-state index in [0.717, 1.165) is 38.6 Å². The molecule has 0 aliphatic heterocycles. The summed E-state index contributed by atoms with van der Waals surface area (Å²) in [5, 5.41) is 14.5. The van der Waals surface area contributed by atoms with Crippen LogP contribution in [0.5, 0.6) is 0 Å². The Hall–Kier alpha value is -0.770. The second kappa shape index (κ2) is 10.7. The summed E-state index contributed by atoms with van der Waals surface area (Å²) in [6.45, 7) is 5.81. The standard InChI is InChI=1S/C12H26N2O2/c1-3-5-8-13-12(16)14-10-11(6-4-2)7-9-15/h11,15H,3-10H2,1-2H3,(H2,13,14,16). The van der Waals surface area contributed by atoms with Crippen LogP contribution in [0.15, 0.2) is 0 Å². The minimum absolute atomic E-state index is 0.0903. The van der Waals surface area contributed by atoms with Crippen LogP contribution in [0, 0.1) is 5.92 Å². The van der Waals surface area contributed by atoms with Crippen molar-refractivity contribution in [3.05, 3.63) is 0 Å². The minimum atomic E-state index is -0.0903. The lowest BCUT2D eigenvalue weighted by molar-refractivity contribution is 0.229. The lowest BCUT2D eigenvalue weighted by atomic mass is 10.0. The Kier molecular flexibility index (Phi) is 10.2. The molecule has 0 bridgehead atoms. The molecule has 1 unspecified atom stereocenters. The number of urea groups is 1. The molecule has 0 aliphatic rings. The molecule has 4 heteroatoms. The molecule has 16 heavy (non-hydrogen) atoms. The summed E-state index contributed by atoms with van der Waals surface area (Å²) in [6.07, 6.45) is 5.01. The number of nitrogens with one attached hydrogen (secondary N) is 2. The van der Waals surface area contributed by atoms with Gasteiger partial charge in [-0.15, -0.1) is 0 Å². The first-order valence-corrected chi connectivity index (χ1v) is 6.37. The van der Waals surface area contributed by atoms with Crippen LogP contribution >= 0.6 is 0 Å². The number of hydrogen-bond donors (Lipinski definition) is 3. The molecule has 0 saturated carbocycles. The Labute approximate surface area is 98.8 Å². The molecule has 0 aliphatic carbocycles. The van der Waals surface area contributed by atoms with Crippen LogP contribution in [-0.4, -0.2) is 30.8 Å². The highest BCUT2D eigenvalue weighted by Crippen LogP contribution is 2.08. The molecule has 0 radical (unpaired) electrons. The second-order valence-electron chi connectivity index (χ2n) is 4.16. The highest BCUT2D eigenvalue weighted by Gasteiger charge is 2.08. The van der Waals surface area contributed by atoms with Crippen molar-refractivity contribution in [2.75, 3.05) is 19.7 Å². The van der Waals surface area contributed by atoms with Gasteiger partial charge in [0.05, 0.1) is 0 Å². The highest BCUT2D eigenvalue weighted by molar-refractivity contribution is 5.73. The van der Waals surface area contributed by atoms with E-state index in [1.165, 1.54) is 0 Å². The van der Waals surface area contributed by atoms with Crippen molar-refractivity contribution < 1.29 is 9.90 Å². The fraction of sp³-hybridized carbons (Fsp3) is 0.917. The first-order chi connectivity index (χ1) is 7.74. The number of carbonyl (C=O) groups is 1. The quantitative estimate of drug-likeness (QED) is 0.530. The Bertz CT molecular complexity index is 168. The van der Waals surface area contributed by atoms with E-state index in [-0.39, 0.29) is 12.6 Å². The maximum Gasteiger partial charge on any atom is 0.314 e. The van der Waals surface area contributed by atoms with Crippen LogP contribution in [-0.2, 0) is 0 Å². The lowest BCUT2D eigenvalue weighted by Crippen LogP contribution is -2.38. The lowest BCUT2D eigenvalue weighted by Gasteiger charge is -2.15. The van der Waals surface area contributed by atoms with E-state index in [9.17, 15) is 4.79 Å². The van der Waals surface area contributed by atoms with Crippen LogP contribution in [0.4, 0.5) is 4.79 Å². The zero-order valence-corrected chi connectivity index (χ0v) is 10.6. The molecule has 0 fully saturated rings. The molecule has 1 atom stereocenters. The van der Waals surface area contributed by atoms with E-state index < -0.39 is 0 Å². The molecular formula is C12H26N2O2. The Morgan fingerprint density at radius 1 is 1.19 bits per heavy atom. The van der Waals surface area contributed by atoms with Crippen molar-refractivity contribution in [2.24, 2.45) is 5.92 Å². The number of aliphatic hydroxyl groups is 1. The number of carbonyl (C=O) groups excluding carboxylic acids is 1. The zero-order chi connectivity index (χ0) is 12.2. The molecule has 96 valence electrons. The number of aliphatic hydroxyl groups excluding tert-OH is 1. The zero-order valence-electron chi connectivity index (χ0n) is 10.6. The summed E-state index contributed by atoms with van der Waals surface area (Å²) in [5.41, 5.74) is 0. The fourth-order valence-electron chi connectivity index (χ4n) is 1.62. The molecule has 0 aromatic carbocycles. The first-order valence-electron chi connectivity index (χ1n) is 6.37. The van der Waals surface area contributed by atoms with Crippen molar-refractivity contribution in [1.82, 2.24) is 10.6 Å². The Morgan fingerprint density at radius 3 is 2.50 bits per heavy atom. The molecule has 0 saturated heterocycles. The maximum absolute atomic E-state index is 11.3. The number of hydrogen-bond acceptors (Lipinski definition) is 2. The average molecular weight is 230 g/mol. The summed E-state index contributed by atoms with van der Waals surface area (Å²) < 4.78 is 0. The van der Waals surface area contributed by atoms with E-state index in [2.05, 4.69) is 24.5 Å². The molecule has 3 N–H and O–H groups in total. The van der Waals surface area contributed by atoms with Crippen LogP contribution in [0.2, 0.25) is 0 Å². The van der Waals surface area contributed by atoms with Crippen LogP contribution in [0.3, 0.4) is 0 Å². The van der Waals surface area contributed by atoms with Gasteiger partial charge in [0, 0.05) is 19.7 Å². The molecule has 2 amide bonds. The van der Waals surface area contributed by atoms with Gasteiger partial charge in [0.25, 0.3) is 0 Å². The van der Waals surface area contributed by atoms with Crippen LogP contribution in [0.1, 0.15) is 46.0 Å². The van der Waals surface area contributed by atoms with Gasteiger partial charge in [0.1, 0.15) is 0 Å². The molecule has 4 nitrogen and oxygen atoms in total. The predicted octanol–water partition coefficient (Wildman–Crippen LogP) is 1.88. The summed E-state index contributed by atoms with van der Waals surface area (Å²) in [4.78, 5) is 11.3. The average Bonchev–Trinajstić information content (AvgIpc) is 2.27. The van der Waals surface area contributed by atoms with Gasteiger partial charge in [0.15, 0.2) is 0 Å². The van der Waals surface area contributed by atoms with E-state index in [4.69, 9.17) is 5.11 Å². The molecular weight excluding hydrogens is 204 g/mol. The van der Waals surface area contributed by atoms with Crippen LogP contribution in [0.25, 0.3) is 0 Å². The van der Waals surface area contributed by atoms with Gasteiger partial charge in [-0.25, -0.2) is 4.79 Å². The number of amides is 2. The maximum atomic E-state index is 11.3. The number of rotatable bonds is 9. The summed E-state index contributed by atoms with van der Waals surface area (Å²) in [7, 11) is 0. The smallest absolute Gasteiger partial charge is 0.314 e. The SMILES string of the molecule is CCCCNC(=O)NCC(CCC)CCO. The topological polar surface area (TPSA) is 61.4 Å². The van der Waals surface area contributed by atoms with E-state index in [1.807, 2.05) is 0 Å². The van der Waals surface area contributed by atoms with Gasteiger partial charge >= 0.3 is 6.03 Å². The van der Waals surface area contributed by atoms with Gasteiger partial charge in [-0.3, -0.25) is 0 Å². The molecule has 0 spiro atoms. The highest BCUT2D eigenvalue weighted by atomic mass is 16.3. The van der Waals surface area contributed by atoms with E-state index >= 15 is 0 Å². The van der Waals surface area contributed by atoms with E-state index in [0.29, 0.717) is 12.5 Å². The minimum Gasteiger partial charge on any atom is -0.396 e. The molecule has 0 aromatic heterocycles. The normalized spacial score (nSPS) is 12.2. The third-order valence-corrected chi connectivity index (χ3v) is 2.60. The molecule has 0 heterocycles. The monoisotopic (exact) mass is 230 g/mol. The summed E-state index contributed by atoms with van der Waals surface area (Å²) in [6, 6.07) is -0.0903. The number of unbranched alkanes of at least 4 members (excludes halogenated alkanes) is 1. The fourth-order valence-corrected chi connectivity index (χ4v) is 1.62. The Balaban J connectivity index is 3.60. The van der Waals surface area contributed by atoms with Gasteiger partial charge in [0.2, 0.25) is 0 Å². The Morgan fingerprint density at radius 2 is 1.94 bits per heavy atom.